The highest BCUT2D eigenvalue weighted by Gasteiger charge is 2.21. The standard InChI is InChI=1S/C21H19NS/c1-14-8-10-19-17(12-14)18(13-22-19)21(16-6-4-3-5-7-16)20-11-9-15(2)23-20/h3-13,21-22H,1-2H3/t21-/m1/s1. The Bertz CT molecular complexity index is 946. The van der Waals surface area contributed by atoms with E-state index in [1.165, 1.54) is 37.3 Å². The molecule has 2 heterocycles. The van der Waals surface area contributed by atoms with Gasteiger partial charge in [-0.3, -0.25) is 0 Å². The molecule has 23 heavy (non-hydrogen) atoms. The topological polar surface area (TPSA) is 15.8 Å². The van der Waals surface area contributed by atoms with E-state index in [9.17, 15) is 0 Å². The summed E-state index contributed by atoms with van der Waals surface area (Å²) in [5.41, 5.74) is 5.21. The highest BCUT2D eigenvalue weighted by Crippen LogP contribution is 2.39. The van der Waals surface area contributed by atoms with E-state index in [-0.39, 0.29) is 5.92 Å². The summed E-state index contributed by atoms with van der Waals surface area (Å²) in [5.74, 6) is 0.283. The van der Waals surface area contributed by atoms with Crippen molar-refractivity contribution < 1.29 is 0 Å². The summed E-state index contributed by atoms with van der Waals surface area (Å²) in [6, 6.07) is 21.9. The maximum absolute atomic E-state index is 3.45. The minimum absolute atomic E-state index is 0.283. The van der Waals surface area contributed by atoms with Gasteiger partial charge in [0.25, 0.3) is 0 Å². The van der Waals surface area contributed by atoms with E-state index in [1.54, 1.807) is 0 Å². The van der Waals surface area contributed by atoms with Crippen LogP contribution in [0.15, 0.2) is 66.9 Å². The molecule has 2 aromatic heterocycles. The molecule has 0 saturated carbocycles. The highest BCUT2D eigenvalue weighted by molar-refractivity contribution is 7.12. The number of H-pyrrole nitrogens is 1. The SMILES string of the molecule is Cc1ccc2[nH]cc([C@@H](c3ccccc3)c3ccc(C)s3)c2c1. The number of fused-ring (bicyclic) bond motifs is 1. The Balaban J connectivity index is 1.95. The summed E-state index contributed by atoms with van der Waals surface area (Å²) in [7, 11) is 0. The predicted octanol–water partition coefficient (Wildman–Crippen LogP) is 6.03. The molecule has 0 aliphatic heterocycles. The summed E-state index contributed by atoms with van der Waals surface area (Å²) < 4.78 is 0. The zero-order chi connectivity index (χ0) is 15.8. The average molecular weight is 317 g/mol. The molecule has 0 fully saturated rings. The molecule has 1 nitrogen and oxygen atoms in total. The number of thiophene rings is 1. The molecule has 0 radical (unpaired) electrons. The van der Waals surface area contributed by atoms with Gasteiger partial charge in [0.15, 0.2) is 0 Å². The molecule has 2 aromatic carbocycles. The van der Waals surface area contributed by atoms with E-state index < -0.39 is 0 Å². The molecule has 0 aliphatic rings. The zero-order valence-electron chi connectivity index (χ0n) is 13.3. The Kier molecular flexibility index (Phi) is 3.55. The van der Waals surface area contributed by atoms with E-state index in [4.69, 9.17) is 0 Å². The van der Waals surface area contributed by atoms with E-state index >= 15 is 0 Å². The lowest BCUT2D eigenvalue weighted by Gasteiger charge is -2.16. The van der Waals surface area contributed by atoms with Crippen LogP contribution in [0.4, 0.5) is 0 Å². The van der Waals surface area contributed by atoms with Gasteiger partial charge in [0.05, 0.1) is 0 Å². The van der Waals surface area contributed by atoms with Gasteiger partial charge in [-0.2, -0.15) is 0 Å². The molecule has 0 bridgehead atoms. The number of hydrogen-bond acceptors (Lipinski definition) is 1. The second kappa shape index (κ2) is 5.71. The molecule has 0 amide bonds. The van der Waals surface area contributed by atoms with Crippen LogP contribution in [0, 0.1) is 13.8 Å². The Labute approximate surface area is 140 Å². The average Bonchev–Trinajstić information content (AvgIpc) is 3.16. The molecular formula is C21H19NS. The van der Waals surface area contributed by atoms with Crippen LogP contribution in [0.25, 0.3) is 10.9 Å². The first-order valence-corrected chi connectivity index (χ1v) is 8.73. The molecule has 0 saturated heterocycles. The third-order valence-electron chi connectivity index (χ3n) is 4.36. The van der Waals surface area contributed by atoms with Gasteiger partial charge in [0.2, 0.25) is 0 Å². The molecule has 114 valence electrons. The lowest BCUT2D eigenvalue weighted by Crippen LogP contribution is -2.00. The van der Waals surface area contributed by atoms with Crippen LogP contribution in [0.2, 0.25) is 0 Å². The van der Waals surface area contributed by atoms with Gasteiger partial charge in [-0.15, -0.1) is 11.3 Å². The number of benzene rings is 2. The van der Waals surface area contributed by atoms with Gasteiger partial charge in [0.1, 0.15) is 0 Å². The lowest BCUT2D eigenvalue weighted by atomic mass is 9.89. The van der Waals surface area contributed by atoms with Gasteiger partial charge in [-0.25, -0.2) is 0 Å². The van der Waals surface area contributed by atoms with E-state index in [2.05, 4.69) is 85.7 Å². The Morgan fingerprint density at radius 2 is 1.74 bits per heavy atom. The number of rotatable bonds is 3. The molecule has 0 unspecified atom stereocenters. The number of hydrogen-bond donors (Lipinski definition) is 1. The van der Waals surface area contributed by atoms with Crippen molar-refractivity contribution in [3.8, 4) is 0 Å². The Morgan fingerprint density at radius 3 is 2.48 bits per heavy atom. The number of aromatic nitrogens is 1. The van der Waals surface area contributed by atoms with Crippen molar-refractivity contribution in [1.82, 2.24) is 4.98 Å². The molecule has 1 atom stereocenters. The summed E-state index contributed by atoms with van der Waals surface area (Å²) in [6.07, 6.45) is 2.18. The predicted molar refractivity (Wildman–Crippen MR) is 99.5 cm³/mol. The maximum Gasteiger partial charge on any atom is 0.0457 e. The number of aryl methyl sites for hydroxylation is 2. The first-order chi connectivity index (χ1) is 11.2. The summed E-state index contributed by atoms with van der Waals surface area (Å²) in [6.45, 7) is 4.33. The molecule has 4 aromatic rings. The zero-order valence-corrected chi connectivity index (χ0v) is 14.2. The van der Waals surface area contributed by atoms with Gasteiger partial charge in [-0.05, 0) is 49.2 Å². The van der Waals surface area contributed by atoms with Crippen molar-refractivity contribution in [3.05, 3.63) is 93.3 Å². The third-order valence-corrected chi connectivity index (χ3v) is 5.42. The Hall–Kier alpha value is -2.32. The lowest BCUT2D eigenvalue weighted by molar-refractivity contribution is 1.02. The fraction of sp³-hybridized carbons (Fsp3) is 0.143. The molecule has 2 heteroatoms. The van der Waals surface area contributed by atoms with Crippen molar-refractivity contribution in [2.24, 2.45) is 0 Å². The molecule has 0 spiro atoms. The highest BCUT2D eigenvalue weighted by atomic mass is 32.1. The van der Waals surface area contributed by atoms with Crippen LogP contribution in [0.1, 0.15) is 32.4 Å². The molecule has 4 rings (SSSR count). The van der Waals surface area contributed by atoms with Crippen molar-refractivity contribution in [3.63, 3.8) is 0 Å². The van der Waals surface area contributed by atoms with Gasteiger partial charge < -0.3 is 4.98 Å². The van der Waals surface area contributed by atoms with Crippen LogP contribution < -0.4 is 0 Å². The Morgan fingerprint density at radius 1 is 0.913 bits per heavy atom. The minimum atomic E-state index is 0.283. The first kappa shape index (κ1) is 14.3. The first-order valence-electron chi connectivity index (χ1n) is 7.91. The summed E-state index contributed by atoms with van der Waals surface area (Å²) in [5, 5.41) is 1.32. The minimum Gasteiger partial charge on any atom is -0.361 e. The fourth-order valence-electron chi connectivity index (χ4n) is 3.25. The fourth-order valence-corrected chi connectivity index (χ4v) is 4.27. The van der Waals surface area contributed by atoms with Crippen LogP contribution in [0.5, 0.6) is 0 Å². The van der Waals surface area contributed by atoms with Crippen LogP contribution in [-0.2, 0) is 0 Å². The second-order valence-electron chi connectivity index (χ2n) is 6.09. The number of nitrogens with one attached hydrogen (secondary N) is 1. The normalized spacial score (nSPS) is 12.6. The van der Waals surface area contributed by atoms with E-state index in [0.29, 0.717) is 0 Å². The second-order valence-corrected chi connectivity index (χ2v) is 7.40. The monoisotopic (exact) mass is 317 g/mol. The molecular weight excluding hydrogens is 298 g/mol. The van der Waals surface area contributed by atoms with Crippen molar-refractivity contribution >= 4 is 22.2 Å². The maximum atomic E-state index is 3.45. The number of aromatic amines is 1. The van der Waals surface area contributed by atoms with E-state index in [0.717, 1.165) is 0 Å². The van der Waals surface area contributed by atoms with Gasteiger partial charge in [0, 0.05) is 32.8 Å². The summed E-state index contributed by atoms with van der Waals surface area (Å²) in [4.78, 5) is 6.20. The van der Waals surface area contributed by atoms with Crippen molar-refractivity contribution in [2.75, 3.05) is 0 Å². The van der Waals surface area contributed by atoms with Crippen LogP contribution in [-0.4, -0.2) is 4.98 Å². The molecule has 0 aliphatic carbocycles. The summed E-state index contributed by atoms with van der Waals surface area (Å²) >= 11 is 1.89. The quantitative estimate of drug-likeness (QED) is 0.475. The van der Waals surface area contributed by atoms with Crippen molar-refractivity contribution in [1.29, 1.82) is 0 Å². The smallest absolute Gasteiger partial charge is 0.0457 e. The van der Waals surface area contributed by atoms with Gasteiger partial charge in [-0.1, -0.05) is 42.0 Å². The largest absolute Gasteiger partial charge is 0.361 e. The molecule has 1 N–H and O–H groups in total. The van der Waals surface area contributed by atoms with Crippen molar-refractivity contribution in [2.45, 2.75) is 19.8 Å². The van der Waals surface area contributed by atoms with Crippen LogP contribution >= 0.6 is 11.3 Å². The third kappa shape index (κ3) is 2.60. The van der Waals surface area contributed by atoms with Crippen LogP contribution in [0.3, 0.4) is 0 Å². The van der Waals surface area contributed by atoms with Gasteiger partial charge >= 0.3 is 0 Å². The van der Waals surface area contributed by atoms with E-state index in [1.807, 2.05) is 11.3 Å².